The smallest absolute Gasteiger partial charge is 0.252 e. The minimum Gasteiger partial charge on any atom is -0.381 e. The molecule has 82 heavy (non-hydrogen) atoms. The second-order valence-electron chi connectivity index (χ2n) is 23.0. The minimum absolute atomic E-state index is 0.00273. The molecule has 7 atom stereocenters. The van der Waals surface area contributed by atoms with Crippen LogP contribution < -0.4 is 36.8 Å². The van der Waals surface area contributed by atoms with E-state index in [1.807, 2.05) is 4.90 Å². The monoisotopic (exact) mass is 1130 g/mol. The van der Waals surface area contributed by atoms with E-state index in [1.165, 1.54) is 23.1 Å². The highest BCUT2D eigenvalue weighted by Crippen LogP contribution is 2.45. The largest absolute Gasteiger partial charge is 0.381 e. The summed E-state index contributed by atoms with van der Waals surface area (Å²) >= 11 is 0. The van der Waals surface area contributed by atoms with Crippen molar-refractivity contribution in [3.63, 3.8) is 0 Å². The van der Waals surface area contributed by atoms with E-state index in [1.54, 1.807) is 38.2 Å². The molecule has 21 heteroatoms. The zero-order valence-electron chi connectivity index (χ0n) is 47.5. The fraction of sp³-hybridized carbons (Fsp3) is 0.508. The molecule has 6 amide bonds. The third kappa shape index (κ3) is 14.2. The number of para-hydroxylation sites is 1. The van der Waals surface area contributed by atoms with Crippen molar-refractivity contribution in [1.29, 1.82) is 0 Å². The lowest BCUT2D eigenvalue weighted by molar-refractivity contribution is -0.144. The van der Waals surface area contributed by atoms with Crippen LogP contribution in [0, 0.1) is 23.4 Å². The molecule has 4 aromatic carbocycles. The van der Waals surface area contributed by atoms with Gasteiger partial charge in [0.2, 0.25) is 29.5 Å². The maximum Gasteiger partial charge on any atom is 0.252 e. The average molecular weight is 1140 g/mol. The van der Waals surface area contributed by atoms with Crippen molar-refractivity contribution in [2.45, 2.75) is 114 Å². The van der Waals surface area contributed by atoms with Crippen molar-refractivity contribution >= 4 is 52.5 Å². The van der Waals surface area contributed by atoms with Gasteiger partial charge in [-0.25, -0.2) is 13.2 Å². The average Bonchev–Trinajstić information content (AvgIpc) is 3.17. The van der Waals surface area contributed by atoms with Crippen molar-refractivity contribution in [3.8, 4) is 0 Å². The summed E-state index contributed by atoms with van der Waals surface area (Å²) in [4.78, 5) is 91.9. The molecule has 0 aliphatic carbocycles. The van der Waals surface area contributed by atoms with Gasteiger partial charge in [-0.05, 0) is 136 Å². The van der Waals surface area contributed by atoms with Crippen LogP contribution in [0.5, 0.6) is 0 Å². The summed E-state index contributed by atoms with van der Waals surface area (Å²) in [6.45, 7) is 14.2. The fourth-order valence-corrected chi connectivity index (χ4v) is 12.1. The van der Waals surface area contributed by atoms with Crippen LogP contribution in [0.3, 0.4) is 0 Å². The SMILES string of the molecule is CNC(C)C(=O)NC(C(=O)N1Cc2ccc(NC(=O)CC(=O)NCCCC3(C)CN(C(=O)CN4C[C@@H](C)NC[C@@H]4CN4CCOCC4C)c4cc(Cc5ccc(F)cc5)ccc43)cc2C1C(=O)Nc1c(F)cccc1F)C1CCOCC1. The number of ether oxygens (including phenoxy) is 2. The van der Waals surface area contributed by atoms with Crippen LogP contribution in [-0.2, 0) is 56.6 Å². The maximum atomic E-state index is 15.0. The summed E-state index contributed by atoms with van der Waals surface area (Å²) in [6.07, 6.45) is 2.08. The molecule has 5 heterocycles. The number of anilines is 3. The van der Waals surface area contributed by atoms with Crippen molar-refractivity contribution < 1.29 is 51.4 Å². The van der Waals surface area contributed by atoms with Crippen LogP contribution in [0.4, 0.5) is 30.2 Å². The number of rotatable bonds is 20. The van der Waals surface area contributed by atoms with Crippen molar-refractivity contribution in [1.82, 2.24) is 36.0 Å². The highest BCUT2D eigenvalue weighted by Gasteiger charge is 2.45. The predicted molar refractivity (Wildman–Crippen MR) is 304 cm³/mol. The Morgan fingerprint density at radius 2 is 1.60 bits per heavy atom. The summed E-state index contributed by atoms with van der Waals surface area (Å²) in [5.41, 5.74) is 3.62. The molecule has 5 aliphatic heterocycles. The third-order valence-electron chi connectivity index (χ3n) is 16.9. The normalized spacial score (nSPS) is 22.9. The molecular weight excluding hydrogens is 1060 g/mol. The number of piperazine rings is 1. The maximum absolute atomic E-state index is 15.0. The van der Waals surface area contributed by atoms with Crippen LogP contribution in [0.15, 0.2) is 78.9 Å². The molecule has 0 saturated carbocycles. The van der Waals surface area contributed by atoms with Gasteiger partial charge in [0.15, 0.2) is 0 Å². The topological polar surface area (TPSA) is 206 Å². The van der Waals surface area contributed by atoms with Crippen LogP contribution in [0.2, 0.25) is 0 Å². The molecule has 4 aromatic rings. The van der Waals surface area contributed by atoms with E-state index in [9.17, 15) is 41.9 Å². The van der Waals surface area contributed by atoms with Gasteiger partial charge in [0.05, 0.1) is 25.8 Å². The number of carbonyl (C=O) groups is 6. The van der Waals surface area contributed by atoms with Crippen molar-refractivity contribution in [3.05, 3.63) is 124 Å². The number of benzene rings is 4. The zero-order valence-corrected chi connectivity index (χ0v) is 47.5. The van der Waals surface area contributed by atoms with E-state index in [0.29, 0.717) is 70.6 Å². The van der Waals surface area contributed by atoms with E-state index < -0.39 is 76.8 Å². The zero-order chi connectivity index (χ0) is 58.2. The van der Waals surface area contributed by atoms with Gasteiger partial charge in [0.25, 0.3) is 5.91 Å². The molecule has 3 fully saturated rings. The first-order valence-electron chi connectivity index (χ1n) is 28.7. The predicted octanol–water partition coefficient (Wildman–Crippen LogP) is 5.15. The van der Waals surface area contributed by atoms with Gasteiger partial charge in [-0.1, -0.05) is 43.3 Å². The minimum atomic E-state index is -1.44. The molecule has 3 saturated heterocycles. The fourth-order valence-electron chi connectivity index (χ4n) is 12.1. The van der Waals surface area contributed by atoms with Gasteiger partial charge in [-0.3, -0.25) is 38.6 Å². The summed E-state index contributed by atoms with van der Waals surface area (Å²) in [5, 5.41) is 17.3. The first kappa shape index (κ1) is 59.9. The number of hydrogen-bond donors (Lipinski definition) is 6. The third-order valence-corrected chi connectivity index (χ3v) is 16.9. The summed E-state index contributed by atoms with van der Waals surface area (Å²) < 4.78 is 55.1. The Balaban J connectivity index is 0.855. The molecule has 0 radical (unpaired) electrons. The Morgan fingerprint density at radius 3 is 2.33 bits per heavy atom. The number of nitrogens with one attached hydrogen (secondary N) is 6. The van der Waals surface area contributed by atoms with Gasteiger partial charge in [0.1, 0.15) is 41.6 Å². The number of carbonyl (C=O) groups excluding carboxylic acids is 6. The summed E-state index contributed by atoms with van der Waals surface area (Å²) in [7, 11) is 1.61. The molecule has 18 nitrogen and oxygen atoms in total. The van der Waals surface area contributed by atoms with Crippen molar-refractivity contribution in [2.24, 2.45) is 5.92 Å². The Bertz CT molecular complexity index is 2960. The molecule has 0 spiro atoms. The number of fused-ring (bicyclic) bond motifs is 2. The second-order valence-corrected chi connectivity index (χ2v) is 23.0. The van der Waals surface area contributed by atoms with E-state index in [-0.39, 0.29) is 66.7 Å². The molecule has 0 aromatic heterocycles. The first-order valence-corrected chi connectivity index (χ1v) is 28.7. The summed E-state index contributed by atoms with van der Waals surface area (Å²) in [5.74, 6) is -5.82. The van der Waals surface area contributed by atoms with Gasteiger partial charge >= 0.3 is 0 Å². The number of amides is 6. The lowest BCUT2D eigenvalue weighted by Crippen LogP contribution is -2.62. The van der Waals surface area contributed by atoms with Gasteiger partial charge < -0.3 is 51.2 Å². The van der Waals surface area contributed by atoms with Gasteiger partial charge in [0, 0.05) is 93.9 Å². The van der Waals surface area contributed by atoms with Crippen LogP contribution in [-0.4, -0.2) is 160 Å². The Labute approximate surface area is 477 Å². The number of halogens is 3. The highest BCUT2D eigenvalue weighted by atomic mass is 19.1. The van der Waals surface area contributed by atoms with E-state index in [2.05, 4.69) is 80.7 Å². The molecule has 440 valence electrons. The van der Waals surface area contributed by atoms with Gasteiger partial charge in [-0.15, -0.1) is 0 Å². The highest BCUT2D eigenvalue weighted by molar-refractivity contribution is 6.04. The first-order chi connectivity index (χ1) is 39.4. The van der Waals surface area contributed by atoms with E-state index in [0.717, 1.165) is 66.8 Å². The lowest BCUT2D eigenvalue weighted by atomic mass is 9.80. The van der Waals surface area contributed by atoms with Gasteiger partial charge in [-0.2, -0.15) is 0 Å². The Hall–Kier alpha value is -6.75. The molecule has 5 aliphatic rings. The quantitative estimate of drug-likeness (QED) is 0.0503. The second kappa shape index (κ2) is 26.7. The number of likely N-dealkylation sites (N-methyl/N-ethyl adjacent to an activating group) is 1. The number of morpholine rings is 1. The van der Waals surface area contributed by atoms with Crippen LogP contribution in [0.1, 0.15) is 93.7 Å². The molecule has 0 bridgehead atoms. The molecule has 6 N–H and O–H groups in total. The number of nitrogens with zero attached hydrogens (tertiary/aromatic N) is 4. The van der Waals surface area contributed by atoms with Crippen molar-refractivity contribution in [2.75, 3.05) is 94.8 Å². The molecular formula is C61H77F3N10O8. The van der Waals surface area contributed by atoms with Crippen LogP contribution in [0.25, 0.3) is 0 Å². The standard InChI is InChI=1S/C61H77F3N10O8/c1-37-31-72(46(30-67-37)33-71-22-25-82-35-38(71)2)34-54(77)74-36-61(4,48-17-12-41(27-51(48)74)26-40-10-14-44(62)15-11-40)20-7-21-66-52(75)29-53(76)68-45-16-13-43-32-73(57(47(43)28-45)59(79)70-56-49(63)8-6-9-50(56)64)60(80)55(42-18-23-81-24-19-42)69-58(78)39(3)65-5/h6,8-17,27-28,37-39,42,46,55,57,65,67H,7,18-26,29-36H2,1-5H3,(H,66,75)(H,68,76)(H,69,78)(H,70,79)/t37-,38?,39?,46-,55?,57?,61?/m1/s1. The Kier molecular flexibility index (Phi) is 19.5. The molecule has 5 unspecified atom stereocenters. The number of hydrogen-bond acceptors (Lipinski definition) is 12. The van der Waals surface area contributed by atoms with E-state index in [4.69, 9.17) is 9.47 Å². The Morgan fingerprint density at radius 1 is 0.854 bits per heavy atom. The van der Waals surface area contributed by atoms with E-state index >= 15 is 0 Å². The molecule has 9 rings (SSSR count). The lowest BCUT2D eigenvalue weighted by Gasteiger charge is -2.43. The van der Waals surface area contributed by atoms with Crippen LogP contribution >= 0.6 is 0 Å². The summed E-state index contributed by atoms with van der Waals surface area (Å²) in [6, 6.07) is 18.0.